The lowest BCUT2D eigenvalue weighted by Gasteiger charge is -2.11. The Morgan fingerprint density at radius 1 is 1.47 bits per heavy atom. The molecule has 1 rings (SSSR count). The standard InChI is InChI=1S/C15H18O2/c1-3-4-5-9-14(15(16)17)11-13-8-6-7-12(2)10-13/h6-8,10,14H,5,9,11H2,1-2H3,(H,16,17). The lowest BCUT2D eigenvalue weighted by atomic mass is 9.94. The molecule has 0 bridgehead atoms. The van der Waals surface area contributed by atoms with Crippen molar-refractivity contribution in [3.05, 3.63) is 35.4 Å². The fourth-order valence-corrected chi connectivity index (χ4v) is 1.81. The minimum Gasteiger partial charge on any atom is -0.481 e. The zero-order chi connectivity index (χ0) is 12.7. The Morgan fingerprint density at radius 2 is 2.24 bits per heavy atom. The Labute approximate surface area is 103 Å². The van der Waals surface area contributed by atoms with Crippen molar-refractivity contribution in [3.63, 3.8) is 0 Å². The highest BCUT2D eigenvalue weighted by atomic mass is 16.4. The number of carboxylic acids is 1. The lowest BCUT2D eigenvalue weighted by molar-refractivity contribution is -0.141. The van der Waals surface area contributed by atoms with Gasteiger partial charge >= 0.3 is 5.97 Å². The van der Waals surface area contributed by atoms with Gasteiger partial charge in [0, 0.05) is 6.42 Å². The summed E-state index contributed by atoms with van der Waals surface area (Å²) in [6, 6.07) is 8.01. The molecule has 0 aliphatic heterocycles. The highest BCUT2D eigenvalue weighted by Crippen LogP contribution is 2.15. The van der Waals surface area contributed by atoms with E-state index in [0.717, 1.165) is 5.56 Å². The predicted molar refractivity (Wildman–Crippen MR) is 68.7 cm³/mol. The van der Waals surface area contributed by atoms with Crippen molar-refractivity contribution in [2.45, 2.75) is 33.1 Å². The third-order valence-electron chi connectivity index (χ3n) is 2.71. The summed E-state index contributed by atoms with van der Waals surface area (Å²) >= 11 is 0. The number of carbonyl (C=O) groups is 1. The molecule has 1 atom stereocenters. The van der Waals surface area contributed by atoms with Crippen molar-refractivity contribution in [2.75, 3.05) is 0 Å². The van der Waals surface area contributed by atoms with Gasteiger partial charge < -0.3 is 5.11 Å². The molecule has 1 aromatic rings. The zero-order valence-electron chi connectivity index (χ0n) is 10.4. The quantitative estimate of drug-likeness (QED) is 0.789. The number of hydrogen-bond acceptors (Lipinski definition) is 1. The molecule has 0 saturated carbocycles. The van der Waals surface area contributed by atoms with Crippen LogP contribution in [0.3, 0.4) is 0 Å². The molecule has 0 aromatic heterocycles. The van der Waals surface area contributed by atoms with Crippen LogP contribution in [0.15, 0.2) is 24.3 Å². The number of hydrogen-bond donors (Lipinski definition) is 1. The summed E-state index contributed by atoms with van der Waals surface area (Å²) < 4.78 is 0. The summed E-state index contributed by atoms with van der Waals surface area (Å²) in [5, 5.41) is 9.16. The molecule has 0 fully saturated rings. The largest absolute Gasteiger partial charge is 0.481 e. The van der Waals surface area contributed by atoms with E-state index in [1.165, 1.54) is 5.56 Å². The Kier molecular flexibility index (Phi) is 5.29. The first kappa shape index (κ1) is 13.3. The molecule has 0 spiro atoms. The molecule has 17 heavy (non-hydrogen) atoms. The van der Waals surface area contributed by atoms with Crippen molar-refractivity contribution < 1.29 is 9.90 Å². The Hall–Kier alpha value is -1.75. The van der Waals surface area contributed by atoms with E-state index in [1.807, 2.05) is 31.2 Å². The van der Waals surface area contributed by atoms with Crippen LogP contribution in [0.2, 0.25) is 0 Å². The fourth-order valence-electron chi connectivity index (χ4n) is 1.81. The maximum Gasteiger partial charge on any atom is 0.306 e. The Morgan fingerprint density at radius 3 is 2.82 bits per heavy atom. The van der Waals surface area contributed by atoms with Crippen molar-refractivity contribution >= 4 is 5.97 Å². The molecule has 0 saturated heterocycles. The van der Waals surface area contributed by atoms with Gasteiger partial charge in [-0.15, -0.1) is 11.8 Å². The van der Waals surface area contributed by atoms with E-state index in [-0.39, 0.29) is 5.92 Å². The molecule has 0 heterocycles. The first-order chi connectivity index (χ1) is 8.13. The van der Waals surface area contributed by atoms with E-state index < -0.39 is 5.97 Å². The van der Waals surface area contributed by atoms with E-state index in [9.17, 15) is 4.79 Å². The molecule has 0 aliphatic rings. The third kappa shape index (κ3) is 4.74. The highest BCUT2D eigenvalue weighted by Gasteiger charge is 2.17. The van der Waals surface area contributed by atoms with E-state index in [2.05, 4.69) is 11.8 Å². The van der Waals surface area contributed by atoms with E-state index >= 15 is 0 Å². The zero-order valence-corrected chi connectivity index (χ0v) is 10.4. The second kappa shape index (κ2) is 6.75. The molecule has 0 radical (unpaired) electrons. The van der Waals surface area contributed by atoms with Gasteiger partial charge in [-0.1, -0.05) is 29.8 Å². The molecular weight excluding hydrogens is 212 g/mol. The van der Waals surface area contributed by atoms with Crippen LogP contribution in [0.4, 0.5) is 0 Å². The topological polar surface area (TPSA) is 37.3 Å². The molecule has 0 amide bonds. The molecule has 90 valence electrons. The van der Waals surface area contributed by atoms with Crippen LogP contribution in [0.25, 0.3) is 0 Å². The number of rotatable bonds is 5. The third-order valence-corrected chi connectivity index (χ3v) is 2.71. The minimum absolute atomic E-state index is 0.336. The van der Waals surface area contributed by atoms with Crippen LogP contribution in [-0.4, -0.2) is 11.1 Å². The summed E-state index contributed by atoms with van der Waals surface area (Å²) in [6.07, 6.45) is 1.85. The van der Waals surface area contributed by atoms with E-state index in [0.29, 0.717) is 19.3 Å². The van der Waals surface area contributed by atoms with Gasteiger partial charge in [0.15, 0.2) is 0 Å². The van der Waals surface area contributed by atoms with E-state index in [1.54, 1.807) is 6.92 Å². The van der Waals surface area contributed by atoms with Crippen molar-refractivity contribution in [2.24, 2.45) is 5.92 Å². The van der Waals surface area contributed by atoms with Crippen LogP contribution in [0.5, 0.6) is 0 Å². The SMILES string of the molecule is CC#CCCC(Cc1cccc(C)c1)C(=O)O. The van der Waals surface area contributed by atoms with Crippen molar-refractivity contribution in [3.8, 4) is 11.8 Å². The normalized spacial score (nSPS) is 11.4. The lowest BCUT2D eigenvalue weighted by Crippen LogP contribution is -2.16. The summed E-state index contributed by atoms with van der Waals surface area (Å²) in [4.78, 5) is 11.1. The molecule has 0 aliphatic carbocycles. The highest BCUT2D eigenvalue weighted by molar-refractivity contribution is 5.70. The van der Waals surface area contributed by atoms with Crippen LogP contribution < -0.4 is 0 Å². The number of carboxylic acid groups (broad SMARTS) is 1. The van der Waals surface area contributed by atoms with Gasteiger partial charge in [0.25, 0.3) is 0 Å². The number of aliphatic carboxylic acids is 1. The first-order valence-electron chi connectivity index (χ1n) is 5.81. The average Bonchev–Trinajstić information content (AvgIpc) is 2.28. The van der Waals surface area contributed by atoms with Gasteiger partial charge in [-0.25, -0.2) is 0 Å². The molecule has 1 unspecified atom stereocenters. The smallest absolute Gasteiger partial charge is 0.306 e. The van der Waals surface area contributed by atoms with Crippen molar-refractivity contribution in [1.82, 2.24) is 0 Å². The second-order valence-electron chi connectivity index (χ2n) is 4.19. The Bertz CT molecular complexity index is 438. The van der Waals surface area contributed by atoms with Gasteiger partial charge in [0.05, 0.1) is 5.92 Å². The minimum atomic E-state index is -0.732. The van der Waals surface area contributed by atoms with Crippen LogP contribution in [-0.2, 0) is 11.2 Å². The van der Waals surface area contributed by atoms with Gasteiger partial charge in [-0.2, -0.15) is 0 Å². The summed E-state index contributed by atoms with van der Waals surface area (Å²) in [7, 11) is 0. The Balaban J connectivity index is 2.65. The summed E-state index contributed by atoms with van der Waals surface area (Å²) in [6.45, 7) is 3.79. The first-order valence-corrected chi connectivity index (χ1v) is 5.81. The summed E-state index contributed by atoms with van der Waals surface area (Å²) in [5.74, 6) is 4.64. The van der Waals surface area contributed by atoms with Gasteiger partial charge in [-0.05, 0) is 32.3 Å². The monoisotopic (exact) mass is 230 g/mol. The molecule has 2 nitrogen and oxygen atoms in total. The molecule has 1 N–H and O–H groups in total. The number of aryl methyl sites for hydroxylation is 1. The summed E-state index contributed by atoms with van der Waals surface area (Å²) in [5.41, 5.74) is 2.25. The van der Waals surface area contributed by atoms with E-state index in [4.69, 9.17) is 5.11 Å². The fraction of sp³-hybridized carbons (Fsp3) is 0.400. The van der Waals surface area contributed by atoms with Crippen LogP contribution in [0, 0.1) is 24.7 Å². The number of benzene rings is 1. The van der Waals surface area contributed by atoms with Crippen molar-refractivity contribution in [1.29, 1.82) is 0 Å². The van der Waals surface area contributed by atoms with Gasteiger partial charge in [-0.3, -0.25) is 4.79 Å². The van der Waals surface area contributed by atoms with Crippen LogP contribution >= 0.6 is 0 Å². The second-order valence-corrected chi connectivity index (χ2v) is 4.19. The maximum absolute atomic E-state index is 11.1. The maximum atomic E-state index is 11.1. The molecule has 1 aromatic carbocycles. The molecular formula is C15H18O2. The average molecular weight is 230 g/mol. The van der Waals surface area contributed by atoms with Gasteiger partial charge in [0.1, 0.15) is 0 Å². The predicted octanol–water partition coefficient (Wildman–Crippen LogP) is 3.04. The van der Waals surface area contributed by atoms with Crippen LogP contribution in [0.1, 0.15) is 30.9 Å². The molecule has 2 heteroatoms. The van der Waals surface area contributed by atoms with Gasteiger partial charge in [0.2, 0.25) is 0 Å².